The van der Waals surface area contributed by atoms with E-state index >= 15 is 0 Å². The van der Waals surface area contributed by atoms with Gasteiger partial charge in [0.1, 0.15) is 11.5 Å². The minimum absolute atomic E-state index is 0.155. The molecule has 0 spiro atoms. The van der Waals surface area contributed by atoms with Gasteiger partial charge in [0.25, 0.3) is 0 Å². The van der Waals surface area contributed by atoms with Crippen molar-refractivity contribution in [2.24, 2.45) is 0 Å². The summed E-state index contributed by atoms with van der Waals surface area (Å²) in [4.78, 5) is 0.310. The summed E-state index contributed by atoms with van der Waals surface area (Å²) in [5, 5.41) is 17.9. The van der Waals surface area contributed by atoms with Crippen molar-refractivity contribution < 1.29 is 28.1 Å². The Morgan fingerprint density at radius 2 is 1.00 bits per heavy atom. The molecule has 2 aromatic carbocycles. The molecule has 0 radical (unpaired) electrons. The van der Waals surface area contributed by atoms with Crippen LogP contribution >= 0.6 is 0 Å². The maximum atomic E-state index is 13.0. The van der Waals surface area contributed by atoms with Crippen LogP contribution in [0.3, 0.4) is 0 Å². The van der Waals surface area contributed by atoms with Crippen molar-refractivity contribution >= 4 is 9.84 Å². The highest BCUT2D eigenvalue weighted by atomic mass is 32.2. The van der Waals surface area contributed by atoms with Crippen molar-refractivity contribution in [1.82, 2.24) is 0 Å². The normalized spacial score (nSPS) is 11.4. The first-order valence-corrected chi connectivity index (χ1v) is 9.15. The molecule has 2 N–H and O–H groups in total. The second-order valence-electron chi connectivity index (χ2n) is 5.82. The van der Waals surface area contributed by atoms with Gasteiger partial charge in [-0.15, -0.1) is 0 Å². The molecular weight excluding hydrogens is 344 g/mol. The third kappa shape index (κ3) is 3.78. The number of sulfone groups is 1. The second-order valence-corrected chi connectivity index (χ2v) is 7.77. The molecule has 0 heterocycles. The van der Waals surface area contributed by atoms with E-state index in [4.69, 9.17) is 19.7 Å². The number of hydrogen-bond donors (Lipinski definition) is 2. The van der Waals surface area contributed by atoms with Gasteiger partial charge in [-0.1, -0.05) is 0 Å². The predicted molar refractivity (Wildman–Crippen MR) is 92.7 cm³/mol. The lowest BCUT2D eigenvalue weighted by atomic mass is 10.1. The summed E-state index contributed by atoms with van der Waals surface area (Å²) < 4.78 is 36.3. The fourth-order valence-electron chi connectivity index (χ4n) is 2.85. The Hall–Kier alpha value is -2.09. The number of ether oxygens (including phenoxy) is 2. The Labute approximate surface area is 147 Å². The van der Waals surface area contributed by atoms with Crippen LogP contribution < -0.4 is 9.47 Å². The van der Waals surface area contributed by atoms with Crippen LogP contribution in [0.15, 0.2) is 34.1 Å². The fourth-order valence-corrected chi connectivity index (χ4v) is 4.45. The summed E-state index contributed by atoms with van der Waals surface area (Å²) in [7, 11) is -3.73. The first-order chi connectivity index (χ1) is 11.7. The highest BCUT2D eigenvalue weighted by Gasteiger charge is 2.22. The van der Waals surface area contributed by atoms with Gasteiger partial charge in [0.05, 0.1) is 9.79 Å². The molecule has 2 rings (SSSR count). The number of aliphatic hydroxyl groups excluding tert-OH is 2. The van der Waals surface area contributed by atoms with Crippen molar-refractivity contribution in [3.05, 3.63) is 46.5 Å². The molecule has 0 saturated carbocycles. The highest BCUT2D eigenvalue weighted by molar-refractivity contribution is 7.91. The van der Waals surface area contributed by atoms with Gasteiger partial charge in [-0.3, -0.25) is 0 Å². The molecule has 0 saturated heterocycles. The zero-order chi connectivity index (χ0) is 18.8. The first-order valence-electron chi connectivity index (χ1n) is 7.67. The Balaban J connectivity index is 2.56. The summed E-state index contributed by atoms with van der Waals surface area (Å²) in [6.45, 7) is 5.96. The molecule has 25 heavy (non-hydrogen) atoms. The van der Waals surface area contributed by atoms with Gasteiger partial charge in [-0.05, 0) is 74.2 Å². The molecule has 6 nitrogen and oxygen atoms in total. The molecule has 2 aromatic rings. The summed E-state index contributed by atoms with van der Waals surface area (Å²) in [5.41, 5.74) is 2.50. The monoisotopic (exact) mass is 366 g/mol. The predicted octanol–water partition coefficient (Wildman–Crippen LogP) is 2.41. The molecule has 136 valence electrons. The lowest BCUT2D eigenvalue weighted by Crippen LogP contribution is -2.07. The maximum absolute atomic E-state index is 13.0. The highest BCUT2D eigenvalue weighted by Crippen LogP contribution is 2.33. The van der Waals surface area contributed by atoms with Gasteiger partial charge in [0.2, 0.25) is 9.84 Å². The van der Waals surface area contributed by atoms with E-state index in [1.165, 1.54) is 24.3 Å². The molecule has 0 unspecified atom stereocenters. The van der Waals surface area contributed by atoms with Crippen molar-refractivity contribution in [2.45, 2.75) is 37.5 Å². The van der Waals surface area contributed by atoms with Crippen LogP contribution in [0.2, 0.25) is 0 Å². The standard InChI is InChI=1S/C18H22O6S/c1-11-5-15(6-12(2)17(11)23-9-19)25(21,22)16-7-13(3)18(24-10-20)14(4)8-16/h5-8,19-20H,9-10H2,1-4H3. The van der Waals surface area contributed by atoms with Crippen molar-refractivity contribution in [3.63, 3.8) is 0 Å². The van der Waals surface area contributed by atoms with Gasteiger partial charge >= 0.3 is 0 Å². The molecule has 0 aliphatic rings. The molecule has 0 bridgehead atoms. The van der Waals surface area contributed by atoms with E-state index in [1.807, 2.05) is 0 Å². The van der Waals surface area contributed by atoms with Crippen LogP contribution in [0.4, 0.5) is 0 Å². The molecule has 0 aromatic heterocycles. The van der Waals surface area contributed by atoms with E-state index in [0.717, 1.165) is 0 Å². The van der Waals surface area contributed by atoms with Crippen LogP contribution in [0.1, 0.15) is 22.3 Å². The third-order valence-electron chi connectivity index (χ3n) is 3.91. The molecule has 0 amide bonds. The van der Waals surface area contributed by atoms with E-state index in [0.29, 0.717) is 33.8 Å². The van der Waals surface area contributed by atoms with Crippen LogP contribution in [0, 0.1) is 27.7 Å². The van der Waals surface area contributed by atoms with E-state index < -0.39 is 23.4 Å². The molecule has 0 atom stereocenters. The van der Waals surface area contributed by atoms with Gasteiger partial charge in [0, 0.05) is 0 Å². The van der Waals surface area contributed by atoms with Crippen molar-refractivity contribution in [3.8, 4) is 11.5 Å². The Bertz CT molecular complexity index is 773. The number of hydrogen-bond acceptors (Lipinski definition) is 6. The van der Waals surface area contributed by atoms with Crippen molar-refractivity contribution in [2.75, 3.05) is 13.6 Å². The lowest BCUT2D eigenvalue weighted by Gasteiger charge is -2.15. The van der Waals surface area contributed by atoms with Gasteiger partial charge < -0.3 is 19.7 Å². The van der Waals surface area contributed by atoms with Crippen LogP contribution in [0.5, 0.6) is 11.5 Å². The minimum atomic E-state index is -3.73. The fraction of sp³-hybridized carbons (Fsp3) is 0.333. The summed E-state index contributed by atoms with van der Waals surface area (Å²) in [6.07, 6.45) is 0. The molecule has 0 aliphatic heterocycles. The van der Waals surface area contributed by atoms with Gasteiger partial charge in [-0.25, -0.2) is 8.42 Å². The largest absolute Gasteiger partial charge is 0.467 e. The molecule has 0 fully saturated rings. The molecule has 7 heteroatoms. The van der Waals surface area contributed by atoms with Gasteiger partial charge in [-0.2, -0.15) is 0 Å². The van der Waals surface area contributed by atoms with E-state index in [1.54, 1.807) is 27.7 Å². The van der Waals surface area contributed by atoms with Crippen molar-refractivity contribution in [1.29, 1.82) is 0 Å². The average Bonchev–Trinajstić information content (AvgIpc) is 2.53. The topological polar surface area (TPSA) is 93.1 Å². The number of rotatable bonds is 6. The zero-order valence-electron chi connectivity index (χ0n) is 14.7. The van der Waals surface area contributed by atoms with Crippen LogP contribution in [-0.2, 0) is 9.84 Å². The van der Waals surface area contributed by atoms with Crippen LogP contribution in [0.25, 0.3) is 0 Å². The summed E-state index contributed by atoms with van der Waals surface area (Å²) in [5.74, 6) is 0.945. The Morgan fingerprint density at radius 3 is 1.24 bits per heavy atom. The SMILES string of the molecule is Cc1cc(S(=O)(=O)c2cc(C)c(OCO)c(C)c2)cc(C)c1OCO. The number of benzene rings is 2. The van der Waals surface area contributed by atoms with Gasteiger partial charge in [0.15, 0.2) is 13.6 Å². The number of aryl methyl sites for hydroxylation is 4. The van der Waals surface area contributed by atoms with E-state index in [2.05, 4.69) is 0 Å². The molecule has 0 aliphatic carbocycles. The lowest BCUT2D eigenvalue weighted by molar-refractivity contribution is 0.0967. The molecular formula is C18H22O6S. The minimum Gasteiger partial charge on any atom is -0.467 e. The summed E-state index contributed by atoms with van der Waals surface area (Å²) >= 11 is 0. The Kier molecular flexibility index (Phi) is 5.72. The van der Waals surface area contributed by atoms with E-state index in [9.17, 15) is 8.42 Å². The number of aliphatic hydroxyl groups is 2. The second kappa shape index (κ2) is 7.43. The zero-order valence-corrected chi connectivity index (χ0v) is 15.5. The smallest absolute Gasteiger partial charge is 0.206 e. The van der Waals surface area contributed by atoms with Crippen LogP contribution in [-0.4, -0.2) is 32.2 Å². The van der Waals surface area contributed by atoms with E-state index in [-0.39, 0.29) is 9.79 Å². The summed E-state index contributed by atoms with van der Waals surface area (Å²) in [6, 6.07) is 6.10. The Morgan fingerprint density at radius 1 is 0.720 bits per heavy atom. The quantitative estimate of drug-likeness (QED) is 0.763. The third-order valence-corrected chi connectivity index (χ3v) is 5.62. The average molecular weight is 366 g/mol. The maximum Gasteiger partial charge on any atom is 0.206 e. The first kappa shape index (κ1) is 19.2.